The molecule has 0 aliphatic carbocycles. The highest BCUT2D eigenvalue weighted by molar-refractivity contribution is 5.77. The molecule has 4 rings (SSSR count). The van der Waals surface area contributed by atoms with Crippen molar-refractivity contribution in [2.24, 2.45) is 7.05 Å². The Bertz CT molecular complexity index is 1030. The zero-order chi connectivity index (χ0) is 21.8. The van der Waals surface area contributed by atoms with Gasteiger partial charge in [0.05, 0.1) is 11.9 Å². The summed E-state index contributed by atoms with van der Waals surface area (Å²) in [6.07, 6.45) is 9.05. The summed E-state index contributed by atoms with van der Waals surface area (Å²) in [5.74, 6) is 1.10. The van der Waals surface area contributed by atoms with Crippen LogP contribution in [-0.2, 0) is 18.3 Å². The van der Waals surface area contributed by atoms with E-state index in [1.54, 1.807) is 4.68 Å². The van der Waals surface area contributed by atoms with Crippen LogP contribution in [0.2, 0.25) is 0 Å². The van der Waals surface area contributed by atoms with E-state index >= 15 is 0 Å². The molecule has 1 aliphatic rings. The second-order valence-corrected chi connectivity index (χ2v) is 8.43. The monoisotopic (exact) mass is 418 g/mol. The summed E-state index contributed by atoms with van der Waals surface area (Å²) in [6.45, 7) is 1.52. The van der Waals surface area contributed by atoms with Gasteiger partial charge in [0.1, 0.15) is 0 Å². The number of hydrogen-bond donors (Lipinski definition) is 0. The molecule has 0 radical (unpaired) electrons. The Labute approximate surface area is 183 Å². The molecule has 1 amide bonds. The number of aromatic nitrogens is 4. The van der Waals surface area contributed by atoms with Gasteiger partial charge in [-0.05, 0) is 24.8 Å². The second-order valence-electron chi connectivity index (χ2n) is 8.43. The van der Waals surface area contributed by atoms with Crippen LogP contribution in [0.25, 0.3) is 11.1 Å². The molecule has 1 fully saturated rings. The minimum Gasteiger partial charge on any atom is -0.347 e. The van der Waals surface area contributed by atoms with Gasteiger partial charge in [0.15, 0.2) is 0 Å². The largest absolute Gasteiger partial charge is 0.347 e. The molecule has 1 aromatic carbocycles. The number of hydrogen-bond acceptors (Lipinski definition) is 5. The first-order valence-electron chi connectivity index (χ1n) is 10.9. The highest BCUT2D eigenvalue weighted by Gasteiger charge is 2.28. The number of carbonyl (C=O) groups is 1. The van der Waals surface area contributed by atoms with Gasteiger partial charge in [0, 0.05) is 70.1 Å². The fraction of sp³-hybridized carbons (Fsp3) is 0.417. The van der Waals surface area contributed by atoms with Crippen molar-refractivity contribution in [2.75, 3.05) is 32.1 Å². The number of piperidine rings is 1. The number of rotatable bonds is 6. The zero-order valence-electron chi connectivity index (χ0n) is 18.5. The molecule has 1 aliphatic heterocycles. The van der Waals surface area contributed by atoms with Crippen LogP contribution in [0.5, 0.6) is 0 Å². The van der Waals surface area contributed by atoms with Gasteiger partial charge in [-0.3, -0.25) is 9.48 Å². The maximum Gasteiger partial charge on any atom is 0.225 e. The molecule has 0 N–H and O–H groups in total. The molecule has 1 atom stereocenters. The maximum atomic E-state index is 13.0. The molecule has 0 spiro atoms. The number of anilines is 1. The van der Waals surface area contributed by atoms with Gasteiger partial charge in [-0.1, -0.05) is 30.3 Å². The van der Waals surface area contributed by atoms with Crippen LogP contribution >= 0.6 is 0 Å². The smallest absolute Gasteiger partial charge is 0.225 e. The van der Waals surface area contributed by atoms with Crippen molar-refractivity contribution in [3.8, 4) is 11.1 Å². The summed E-state index contributed by atoms with van der Waals surface area (Å²) in [5, 5.41) is 4.32. The number of carbonyl (C=O) groups excluding carboxylic acids is 1. The van der Waals surface area contributed by atoms with Gasteiger partial charge < -0.3 is 9.80 Å². The van der Waals surface area contributed by atoms with Crippen molar-refractivity contribution >= 4 is 11.9 Å². The number of nitrogens with zero attached hydrogens (tertiary/aromatic N) is 6. The number of aryl methyl sites for hydroxylation is 2. The Kier molecular flexibility index (Phi) is 6.30. The lowest BCUT2D eigenvalue weighted by Gasteiger charge is -2.33. The van der Waals surface area contributed by atoms with E-state index in [1.165, 1.54) is 5.56 Å². The van der Waals surface area contributed by atoms with E-state index in [-0.39, 0.29) is 11.8 Å². The van der Waals surface area contributed by atoms with Gasteiger partial charge in [-0.25, -0.2) is 9.97 Å². The molecular weight excluding hydrogens is 388 g/mol. The summed E-state index contributed by atoms with van der Waals surface area (Å²) in [6, 6.07) is 10.2. The van der Waals surface area contributed by atoms with Gasteiger partial charge in [-0.15, -0.1) is 0 Å². The van der Waals surface area contributed by atoms with Crippen LogP contribution in [0.4, 0.5) is 5.95 Å². The molecule has 7 nitrogen and oxygen atoms in total. The normalized spacial score (nSPS) is 16.4. The summed E-state index contributed by atoms with van der Waals surface area (Å²) in [5.41, 5.74) is 4.22. The average Bonchev–Trinajstić information content (AvgIpc) is 3.24. The van der Waals surface area contributed by atoms with Crippen LogP contribution in [0.15, 0.2) is 48.9 Å². The fourth-order valence-corrected chi connectivity index (χ4v) is 4.18. The highest BCUT2D eigenvalue weighted by Crippen LogP contribution is 2.34. The molecule has 2 aromatic heterocycles. The first-order valence-corrected chi connectivity index (χ1v) is 10.9. The quantitative estimate of drug-likeness (QED) is 0.615. The molecule has 31 heavy (non-hydrogen) atoms. The minimum atomic E-state index is 0.186. The average molecular weight is 419 g/mol. The molecule has 3 heterocycles. The summed E-state index contributed by atoms with van der Waals surface area (Å²) in [7, 11) is 5.80. The molecule has 1 unspecified atom stereocenters. The molecule has 1 saturated heterocycles. The van der Waals surface area contributed by atoms with E-state index < -0.39 is 0 Å². The van der Waals surface area contributed by atoms with Gasteiger partial charge in [-0.2, -0.15) is 5.10 Å². The van der Waals surface area contributed by atoms with Crippen LogP contribution in [-0.4, -0.2) is 57.7 Å². The third-order valence-electron chi connectivity index (χ3n) is 5.85. The first-order chi connectivity index (χ1) is 15.0. The Hall–Kier alpha value is -3.22. The van der Waals surface area contributed by atoms with Crippen molar-refractivity contribution in [1.82, 2.24) is 24.6 Å². The molecule has 0 bridgehead atoms. The van der Waals surface area contributed by atoms with Crippen molar-refractivity contribution in [3.63, 3.8) is 0 Å². The molecule has 162 valence electrons. The number of amides is 1. The number of benzene rings is 1. The Morgan fingerprint density at radius 3 is 2.71 bits per heavy atom. The van der Waals surface area contributed by atoms with E-state index in [1.807, 2.05) is 67.7 Å². The third kappa shape index (κ3) is 4.93. The lowest BCUT2D eigenvalue weighted by Crippen LogP contribution is -2.39. The van der Waals surface area contributed by atoms with Crippen molar-refractivity contribution < 1.29 is 4.79 Å². The van der Waals surface area contributed by atoms with E-state index in [4.69, 9.17) is 4.98 Å². The fourth-order valence-electron chi connectivity index (χ4n) is 4.18. The van der Waals surface area contributed by atoms with Crippen molar-refractivity contribution in [3.05, 3.63) is 60.2 Å². The third-order valence-corrected chi connectivity index (χ3v) is 5.85. The molecule has 0 saturated carbocycles. The number of likely N-dealkylation sites (tertiary alicyclic amines) is 1. The Morgan fingerprint density at radius 1 is 1.19 bits per heavy atom. The highest BCUT2D eigenvalue weighted by atomic mass is 16.2. The second kappa shape index (κ2) is 9.29. The van der Waals surface area contributed by atoms with E-state index in [0.717, 1.165) is 42.6 Å². The molecule has 3 aromatic rings. The summed E-state index contributed by atoms with van der Waals surface area (Å²) < 4.78 is 1.79. The van der Waals surface area contributed by atoms with E-state index in [2.05, 4.69) is 22.2 Å². The van der Waals surface area contributed by atoms with Gasteiger partial charge in [0.2, 0.25) is 11.9 Å². The SMILES string of the molecule is CN(C)c1ncc(-c2cnn(C)c2)c(C2CCCN(C(=O)CCc3ccccc3)C2)n1. The minimum absolute atomic E-state index is 0.186. The van der Waals surface area contributed by atoms with E-state index in [9.17, 15) is 4.79 Å². The van der Waals surface area contributed by atoms with Crippen LogP contribution in [0, 0.1) is 0 Å². The maximum absolute atomic E-state index is 13.0. The topological polar surface area (TPSA) is 67.2 Å². The Morgan fingerprint density at radius 2 is 2.00 bits per heavy atom. The molecular formula is C24H30N6O. The Balaban J connectivity index is 1.54. The summed E-state index contributed by atoms with van der Waals surface area (Å²) >= 11 is 0. The predicted octanol–water partition coefficient (Wildman–Crippen LogP) is 3.28. The van der Waals surface area contributed by atoms with Crippen LogP contribution < -0.4 is 4.90 Å². The van der Waals surface area contributed by atoms with Crippen molar-refractivity contribution in [2.45, 2.75) is 31.6 Å². The van der Waals surface area contributed by atoms with Gasteiger partial charge in [0.25, 0.3) is 0 Å². The lowest BCUT2D eigenvalue weighted by atomic mass is 9.90. The summed E-state index contributed by atoms with van der Waals surface area (Å²) in [4.78, 5) is 26.3. The predicted molar refractivity (Wildman–Crippen MR) is 122 cm³/mol. The first kappa shape index (κ1) is 21.0. The molecule has 7 heteroatoms. The van der Waals surface area contributed by atoms with Crippen LogP contribution in [0.1, 0.15) is 36.4 Å². The van der Waals surface area contributed by atoms with E-state index in [0.29, 0.717) is 18.9 Å². The van der Waals surface area contributed by atoms with Gasteiger partial charge >= 0.3 is 0 Å². The van der Waals surface area contributed by atoms with Crippen LogP contribution in [0.3, 0.4) is 0 Å². The lowest BCUT2D eigenvalue weighted by molar-refractivity contribution is -0.132. The zero-order valence-corrected chi connectivity index (χ0v) is 18.5. The van der Waals surface area contributed by atoms with Crippen molar-refractivity contribution in [1.29, 1.82) is 0 Å². The standard InChI is InChI=1S/C24H30N6O/c1-28(2)24-25-15-21(20-14-26-29(3)16-20)23(27-24)19-10-7-13-30(17-19)22(31)12-11-18-8-5-4-6-9-18/h4-6,8-9,14-16,19H,7,10-13,17H2,1-3H3.